The van der Waals surface area contributed by atoms with E-state index in [2.05, 4.69) is 20.7 Å². The standard InChI is InChI=1S/C14H10N4O3/c19-12(7-6-10-4-2-1-3-5-10)16-14-18-17-13(20-14)11-8-9-15-21-11/h1-9H,(H,16,18,19). The molecule has 3 rings (SSSR count). The van der Waals surface area contributed by atoms with Crippen molar-refractivity contribution in [3.8, 4) is 11.7 Å². The molecule has 0 saturated carbocycles. The van der Waals surface area contributed by atoms with Gasteiger partial charge in [-0.15, -0.1) is 5.10 Å². The van der Waals surface area contributed by atoms with Crippen molar-refractivity contribution >= 4 is 18.0 Å². The summed E-state index contributed by atoms with van der Waals surface area (Å²) >= 11 is 0. The molecule has 2 heterocycles. The monoisotopic (exact) mass is 282 g/mol. The SMILES string of the molecule is O=C(C=Cc1ccccc1)Nc1nnc(-c2ccno2)o1. The van der Waals surface area contributed by atoms with Crippen LogP contribution in [0, 0.1) is 0 Å². The van der Waals surface area contributed by atoms with Gasteiger partial charge in [0, 0.05) is 12.1 Å². The first-order chi connectivity index (χ1) is 10.3. The lowest BCUT2D eigenvalue weighted by Gasteiger charge is -1.94. The highest BCUT2D eigenvalue weighted by Gasteiger charge is 2.12. The Morgan fingerprint density at radius 1 is 1.14 bits per heavy atom. The molecule has 0 aliphatic carbocycles. The van der Waals surface area contributed by atoms with Crippen LogP contribution in [0.5, 0.6) is 0 Å². The number of amides is 1. The van der Waals surface area contributed by atoms with Crippen LogP contribution in [0.25, 0.3) is 17.7 Å². The molecular weight excluding hydrogens is 272 g/mol. The quantitative estimate of drug-likeness (QED) is 0.738. The van der Waals surface area contributed by atoms with E-state index in [4.69, 9.17) is 8.94 Å². The van der Waals surface area contributed by atoms with E-state index in [0.29, 0.717) is 5.76 Å². The van der Waals surface area contributed by atoms with Gasteiger partial charge in [0.15, 0.2) is 0 Å². The van der Waals surface area contributed by atoms with Crippen molar-refractivity contribution in [2.45, 2.75) is 0 Å². The minimum absolute atomic E-state index is 0.0101. The Labute approximate surface area is 119 Å². The molecule has 7 heteroatoms. The molecule has 0 radical (unpaired) electrons. The lowest BCUT2D eigenvalue weighted by atomic mass is 10.2. The number of hydrogen-bond donors (Lipinski definition) is 1. The predicted molar refractivity (Wildman–Crippen MR) is 73.9 cm³/mol. The van der Waals surface area contributed by atoms with Crippen molar-refractivity contribution in [2.75, 3.05) is 5.32 Å². The number of rotatable bonds is 4. The fraction of sp³-hybridized carbons (Fsp3) is 0. The van der Waals surface area contributed by atoms with Crippen molar-refractivity contribution in [3.63, 3.8) is 0 Å². The van der Waals surface area contributed by atoms with Crippen LogP contribution < -0.4 is 5.32 Å². The van der Waals surface area contributed by atoms with Gasteiger partial charge in [-0.3, -0.25) is 10.1 Å². The smallest absolute Gasteiger partial charge is 0.322 e. The van der Waals surface area contributed by atoms with Gasteiger partial charge in [-0.1, -0.05) is 40.6 Å². The third kappa shape index (κ3) is 3.21. The van der Waals surface area contributed by atoms with E-state index in [0.717, 1.165) is 5.56 Å². The summed E-state index contributed by atoms with van der Waals surface area (Å²) in [5.74, 6) is 0.115. The highest BCUT2D eigenvalue weighted by Crippen LogP contribution is 2.18. The predicted octanol–water partition coefficient (Wildman–Crippen LogP) is 2.38. The fourth-order valence-electron chi connectivity index (χ4n) is 1.58. The maximum Gasteiger partial charge on any atom is 0.322 e. The minimum Gasteiger partial charge on any atom is -0.400 e. The van der Waals surface area contributed by atoms with Gasteiger partial charge < -0.3 is 8.94 Å². The zero-order valence-electron chi connectivity index (χ0n) is 10.8. The van der Waals surface area contributed by atoms with Crippen molar-refractivity contribution in [2.24, 2.45) is 0 Å². The number of benzene rings is 1. The first kappa shape index (κ1) is 12.8. The zero-order valence-corrected chi connectivity index (χ0v) is 10.8. The molecule has 0 bridgehead atoms. The molecule has 104 valence electrons. The molecule has 1 N–H and O–H groups in total. The van der Waals surface area contributed by atoms with Crippen LogP contribution in [0.2, 0.25) is 0 Å². The molecule has 1 amide bonds. The second-order valence-corrected chi connectivity index (χ2v) is 4.02. The van der Waals surface area contributed by atoms with Gasteiger partial charge in [-0.05, 0) is 11.6 Å². The summed E-state index contributed by atoms with van der Waals surface area (Å²) in [7, 11) is 0. The van der Waals surface area contributed by atoms with Crippen LogP contribution >= 0.6 is 0 Å². The van der Waals surface area contributed by atoms with Crippen LogP contribution in [-0.4, -0.2) is 21.3 Å². The van der Waals surface area contributed by atoms with E-state index in [9.17, 15) is 4.79 Å². The Balaban J connectivity index is 1.64. The summed E-state index contributed by atoms with van der Waals surface area (Å²) in [5, 5.41) is 13.4. The number of hydrogen-bond acceptors (Lipinski definition) is 6. The number of anilines is 1. The number of carbonyl (C=O) groups excluding carboxylic acids is 1. The number of nitrogens with zero attached hydrogens (tertiary/aromatic N) is 3. The highest BCUT2D eigenvalue weighted by atomic mass is 16.5. The average molecular weight is 282 g/mol. The Hall–Kier alpha value is -3.22. The highest BCUT2D eigenvalue weighted by molar-refractivity contribution is 6.00. The molecule has 0 fully saturated rings. The summed E-state index contributed by atoms with van der Waals surface area (Å²) in [6.07, 6.45) is 4.52. The van der Waals surface area contributed by atoms with E-state index >= 15 is 0 Å². The van der Waals surface area contributed by atoms with Crippen LogP contribution in [0.3, 0.4) is 0 Å². The largest absolute Gasteiger partial charge is 0.400 e. The molecule has 2 aromatic heterocycles. The van der Waals surface area contributed by atoms with Crippen LogP contribution in [0.15, 0.2) is 57.6 Å². The maximum absolute atomic E-state index is 11.7. The number of carbonyl (C=O) groups is 1. The number of aromatic nitrogens is 3. The van der Waals surface area contributed by atoms with E-state index in [1.165, 1.54) is 12.3 Å². The second kappa shape index (κ2) is 5.83. The third-order valence-electron chi connectivity index (χ3n) is 2.53. The Bertz CT molecular complexity index is 748. The molecule has 7 nitrogen and oxygen atoms in total. The molecule has 0 atom stereocenters. The van der Waals surface area contributed by atoms with E-state index in [1.807, 2.05) is 30.3 Å². The van der Waals surface area contributed by atoms with Crippen LogP contribution in [0.1, 0.15) is 5.56 Å². The van der Waals surface area contributed by atoms with E-state index in [-0.39, 0.29) is 17.8 Å². The van der Waals surface area contributed by atoms with Gasteiger partial charge in [-0.2, -0.15) is 0 Å². The molecule has 0 saturated heterocycles. The maximum atomic E-state index is 11.7. The molecule has 1 aromatic carbocycles. The summed E-state index contributed by atoms with van der Waals surface area (Å²) in [4.78, 5) is 11.7. The van der Waals surface area contributed by atoms with Crippen molar-refractivity contribution in [1.29, 1.82) is 0 Å². The summed E-state index contributed by atoms with van der Waals surface area (Å²) in [5.41, 5.74) is 0.917. The lowest BCUT2D eigenvalue weighted by molar-refractivity contribution is -0.112. The van der Waals surface area contributed by atoms with Crippen molar-refractivity contribution < 1.29 is 13.7 Å². The summed E-state index contributed by atoms with van der Waals surface area (Å²) in [6, 6.07) is 11.0. The van der Waals surface area contributed by atoms with Gasteiger partial charge in [0.2, 0.25) is 5.76 Å². The van der Waals surface area contributed by atoms with Crippen molar-refractivity contribution in [1.82, 2.24) is 15.4 Å². The Morgan fingerprint density at radius 2 is 2.00 bits per heavy atom. The van der Waals surface area contributed by atoms with Gasteiger partial charge in [0.05, 0.1) is 6.20 Å². The normalized spacial score (nSPS) is 10.9. The fourth-order valence-corrected chi connectivity index (χ4v) is 1.58. The molecule has 0 spiro atoms. The Morgan fingerprint density at radius 3 is 2.76 bits per heavy atom. The van der Waals surface area contributed by atoms with E-state index < -0.39 is 0 Å². The van der Waals surface area contributed by atoms with Gasteiger partial charge in [0.1, 0.15) is 0 Å². The number of nitrogens with one attached hydrogen (secondary N) is 1. The lowest BCUT2D eigenvalue weighted by Crippen LogP contribution is -2.07. The Kier molecular flexibility index (Phi) is 3.55. The van der Waals surface area contributed by atoms with Gasteiger partial charge in [0.25, 0.3) is 11.8 Å². The topological polar surface area (TPSA) is 94.1 Å². The van der Waals surface area contributed by atoms with E-state index in [1.54, 1.807) is 12.1 Å². The third-order valence-corrected chi connectivity index (χ3v) is 2.53. The summed E-state index contributed by atoms with van der Waals surface area (Å²) in [6.45, 7) is 0. The summed E-state index contributed by atoms with van der Waals surface area (Å²) < 4.78 is 10.1. The second-order valence-electron chi connectivity index (χ2n) is 4.02. The average Bonchev–Trinajstić information content (AvgIpc) is 3.17. The molecule has 0 aliphatic heterocycles. The molecule has 0 unspecified atom stereocenters. The molecular formula is C14H10N4O3. The molecule has 21 heavy (non-hydrogen) atoms. The van der Waals surface area contributed by atoms with Crippen molar-refractivity contribution in [3.05, 3.63) is 54.2 Å². The first-order valence-electron chi connectivity index (χ1n) is 6.10. The first-order valence-corrected chi connectivity index (χ1v) is 6.10. The van der Waals surface area contributed by atoms with Gasteiger partial charge in [-0.25, -0.2) is 0 Å². The van der Waals surface area contributed by atoms with Crippen LogP contribution in [0.4, 0.5) is 6.01 Å². The van der Waals surface area contributed by atoms with Crippen LogP contribution in [-0.2, 0) is 4.79 Å². The zero-order chi connectivity index (χ0) is 14.5. The molecule has 0 aliphatic rings. The molecule has 3 aromatic rings. The minimum atomic E-state index is -0.369. The van der Waals surface area contributed by atoms with Gasteiger partial charge >= 0.3 is 6.01 Å².